The Morgan fingerprint density at radius 3 is 3.00 bits per heavy atom. The predicted octanol–water partition coefficient (Wildman–Crippen LogP) is 6.19. The van der Waals surface area contributed by atoms with Crippen LogP contribution in [0, 0.1) is 11.8 Å². The molecule has 0 aliphatic heterocycles. The molecule has 0 saturated heterocycles. The van der Waals surface area contributed by atoms with E-state index in [0.717, 1.165) is 41.1 Å². The maximum absolute atomic E-state index is 12.9. The molecule has 0 spiro atoms. The largest absolute Gasteiger partial charge is 0.349 e. The van der Waals surface area contributed by atoms with Crippen molar-refractivity contribution in [2.75, 3.05) is 0 Å². The zero-order valence-corrected chi connectivity index (χ0v) is 19.2. The smallest absolute Gasteiger partial charge is 0.298 e. The van der Waals surface area contributed by atoms with Crippen LogP contribution in [0.15, 0.2) is 62.2 Å². The fraction of sp³-hybridized carbons (Fsp3) is 0.375. The maximum Gasteiger partial charge on any atom is 0.298 e. The van der Waals surface area contributed by atoms with Crippen LogP contribution in [-0.4, -0.2) is 20.9 Å². The number of aromatic nitrogens is 3. The molecule has 2 heterocycles. The van der Waals surface area contributed by atoms with Gasteiger partial charge in [0, 0.05) is 27.5 Å². The van der Waals surface area contributed by atoms with Crippen LogP contribution in [0.2, 0.25) is 0 Å². The van der Waals surface area contributed by atoms with E-state index in [1.165, 1.54) is 22.1 Å². The van der Waals surface area contributed by atoms with Gasteiger partial charge in [-0.25, -0.2) is 4.98 Å². The van der Waals surface area contributed by atoms with Gasteiger partial charge in [-0.2, -0.15) is 9.78 Å². The normalized spacial score (nSPS) is 19.5. The van der Waals surface area contributed by atoms with Crippen molar-refractivity contribution in [3.05, 3.63) is 62.7 Å². The van der Waals surface area contributed by atoms with Crippen LogP contribution in [0.4, 0.5) is 0 Å². The van der Waals surface area contributed by atoms with Crippen molar-refractivity contribution >= 4 is 44.1 Å². The third-order valence-corrected chi connectivity index (χ3v) is 6.34. The van der Waals surface area contributed by atoms with Gasteiger partial charge in [-0.15, -0.1) is 0 Å². The van der Waals surface area contributed by atoms with E-state index in [9.17, 15) is 4.79 Å². The molecule has 4 rings (SSSR count). The van der Waals surface area contributed by atoms with Crippen LogP contribution in [0.3, 0.4) is 0 Å². The summed E-state index contributed by atoms with van der Waals surface area (Å²) in [5.41, 5.74) is 4.80. The Labute approximate surface area is 184 Å². The second-order valence-electron chi connectivity index (χ2n) is 8.46. The number of aromatic amines is 1. The fourth-order valence-corrected chi connectivity index (χ4v) is 4.46. The average molecular weight is 467 g/mol. The minimum Gasteiger partial charge on any atom is -0.349 e. The zero-order chi connectivity index (χ0) is 21.3. The van der Waals surface area contributed by atoms with E-state index in [-0.39, 0.29) is 5.56 Å². The first-order chi connectivity index (χ1) is 14.4. The van der Waals surface area contributed by atoms with Gasteiger partial charge in [0.1, 0.15) is 17.4 Å². The fourth-order valence-electron chi connectivity index (χ4n) is 4.10. The number of H-pyrrole nitrogens is 1. The van der Waals surface area contributed by atoms with Crippen LogP contribution in [0.25, 0.3) is 21.9 Å². The molecule has 156 valence electrons. The molecule has 1 aromatic carbocycles. The quantitative estimate of drug-likeness (QED) is 0.359. The van der Waals surface area contributed by atoms with Gasteiger partial charge in [0.25, 0.3) is 5.56 Å². The van der Waals surface area contributed by atoms with Gasteiger partial charge in [-0.3, -0.25) is 4.79 Å². The summed E-state index contributed by atoms with van der Waals surface area (Å²) in [6.07, 6.45) is 12.4. The molecular weight excluding hydrogens is 440 g/mol. The monoisotopic (exact) mass is 466 g/mol. The number of fused-ring (bicyclic) bond motifs is 3. The lowest BCUT2D eigenvalue weighted by Crippen LogP contribution is -2.21. The number of rotatable bonds is 5. The first-order valence-electron chi connectivity index (χ1n) is 10.5. The van der Waals surface area contributed by atoms with E-state index in [4.69, 9.17) is 0 Å². The highest BCUT2D eigenvalue weighted by molar-refractivity contribution is 9.10. The van der Waals surface area contributed by atoms with Gasteiger partial charge in [-0.1, -0.05) is 46.2 Å². The lowest BCUT2D eigenvalue weighted by Gasteiger charge is -2.25. The van der Waals surface area contributed by atoms with Gasteiger partial charge in [0.15, 0.2) is 0 Å². The van der Waals surface area contributed by atoms with Crippen molar-refractivity contribution in [1.29, 1.82) is 0 Å². The minimum absolute atomic E-state index is 0.176. The molecular formula is C24H27BrN4O. The molecule has 0 fully saturated rings. The average Bonchev–Trinajstić information content (AvgIpc) is 3.07. The summed E-state index contributed by atoms with van der Waals surface area (Å²) in [4.78, 5) is 20.6. The second kappa shape index (κ2) is 8.72. The van der Waals surface area contributed by atoms with Gasteiger partial charge >= 0.3 is 0 Å². The molecule has 1 aliphatic rings. The van der Waals surface area contributed by atoms with Gasteiger partial charge in [0.2, 0.25) is 0 Å². The van der Waals surface area contributed by atoms with Crippen molar-refractivity contribution < 1.29 is 0 Å². The Bertz CT molecular complexity index is 1230. The summed E-state index contributed by atoms with van der Waals surface area (Å²) in [7, 11) is 0. The van der Waals surface area contributed by atoms with Crippen molar-refractivity contribution in [2.24, 2.45) is 16.9 Å². The van der Waals surface area contributed by atoms with E-state index >= 15 is 0 Å². The second-order valence-corrected chi connectivity index (χ2v) is 9.38. The van der Waals surface area contributed by atoms with Crippen molar-refractivity contribution in [3.8, 4) is 0 Å². The van der Waals surface area contributed by atoms with E-state index < -0.39 is 0 Å². The van der Waals surface area contributed by atoms with Gasteiger partial charge < -0.3 is 4.98 Å². The Morgan fingerprint density at radius 2 is 2.23 bits per heavy atom. The van der Waals surface area contributed by atoms with Crippen molar-refractivity contribution in [3.63, 3.8) is 0 Å². The van der Waals surface area contributed by atoms with Gasteiger partial charge in [-0.05, 0) is 63.6 Å². The first kappa shape index (κ1) is 20.8. The molecule has 2 aromatic heterocycles. The summed E-state index contributed by atoms with van der Waals surface area (Å²) < 4.78 is 2.30. The number of halogens is 1. The predicted molar refractivity (Wildman–Crippen MR) is 128 cm³/mol. The van der Waals surface area contributed by atoms with Crippen LogP contribution in [0.5, 0.6) is 0 Å². The van der Waals surface area contributed by atoms with Crippen molar-refractivity contribution in [2.45, 2.75) is 46.5 Å². The van der Waals surface area contributed by atoms with Gasteiger partial charge in [0.05, 0.1) is 0 Å². The molecule has 3 aromatic rings. The summed E-state index contributed by atoms with van der Waals surface area (Å²) >= 11 is 3.48. The summed E-state index contributed by atoms with van der Waals surface area (Å²) in [5, 5.41) is 5.41. The molecule has 30 heavy (non-hydrogen) atoms. The van der Waals surface area contributed by atoms with Crippen LogP contribution >= 0.6 is 15.9 Å². The molecule has 5 nitrogen and oxygen atoms in total. The lowest BCUT2D eigenvalue weighted by molar-refractivity contribution is 0.429. The molecule has 0 amide bonds. The molecule has 2 atom stereocenters. The van der Waals surface area contributed by atoms with Crippen LogP contribution < -0.4 is 5.56 Å². The van der Waals surface area contributed by atoms with Crippen LogP contribution in [0.1, 0.15) is 46.5 Å². The Hall–Kier alpha value is -2.47. The molecule has 1 aliphatic carbocycles. The number of hydrogen-bond donors (Lipinski definition) is 1. The third-order valence-electron chi connectivity index (χ3n) is 5.85. The molecule has 0 saturated carbocycles. The SMILES string of the molecule is CC(C)=CCCC1=CC[C@@H](/C=N\n2cnc3c([nH]c4ccc(Br)cc43)c2=O)[C@@H](C)C1. The van der Waals surface area contributed by atoms with E-state index in [1.54, 1.807) is 0 Å². The number of nitrogens with zero attached hydrogens (tertiary/aromatic N) is 3. The highest BCUT2D eigenvalue weighted by atomic mass is 79.9. The standard InChI is InChI=1S/C24H27BrN4O/c1-15(2)5-4-6-17-7-8-18(16(3)11-17)13-27-29-14-26-22-20-12-19(25)9-10-21(20)28-23(22)24(29)30/h5,7,9-10,12-14,16,18,28H,4,6,8,11H2,1-3H3/b27-13-/t16-,18-/m0/s1. The summed E-state index contributed by atoms with van der Waals surface area (Å²) in [6.45, 7) is 6.56. The number of allylic oxidation sites excluding steroid dienone is 4. The molecule has 0 radical (unpaired) electrons. The molecule has 0 bridgehead atoms. The number of benzene rings is 1. The molecule has 0 unspecified atom stereocenters. The van der Waals surface area contributed by atoms with Crippen molar-refractivity contribution in [1.82, 2.24) is 14.6 Å². The Morgan fingerprint density at radius 1 is 1.40 bits per heavy atom. The molecule has 1 N–H and O–H groups in total. The minimum atomic E-state index is -0.176. The van der Waals surface area contributed by atoms with E-state index in [0.29, 0.717) is 22.9 Å². The number of nitrogens with one attached hydrogen (secondary N) is 1. The highest BCUT2D eigenvalue weighted by Crippen LogP contribution is 2.31. The first-order valence-corrected chi connectivity index (χ1v) is 11.3. The summed E-state index contributed by atoms with van der Waals surface area (Å²) in [5.74, 6) is 0.844. The zero-order valence-electron chi connectivity index (χ0n) is 17.7. The van der Waals surface area contributed by atoms with E-state index in [2.05, 4.69) is 63.9 Å². The topological polar surface area (TPSA) is 63.0 Å². The maximum atomic E-state index is 12.9. The Kier molecular flexibility index (Phi) is 6.04. The number of hydrogen-bond acceptors (Lipinski definition) is 3. The lowest BCUT2D eigenvalue weighted by atomic mass is 9.80. The highest BCUT2D eigenvalue weighted by Gasteiger charge is 2.20. The summed E-state index contributed by atoms with van der Waals surface area (Å²) in [6, 6.07) is 5.86. The van der Waals surface area contributed by atoms with Crippen LogP contribution in [-0.2, 0) is 0 Å². The Balaban J connectivity index is 1.53. The van der Waals surface area contributed by atoms with E-state index in [1.807, 2.05) is 24.4 Å². The third kappa shape index (κ3) is 4.33. The molecule has 6 heteroatoms.